The fourth-order valence-electron chi connectivity index (χ4n) is 2.76. The number of nitrogens with zero attached hydrogens (tertiary/aromatic N) is 4. The molecule has 0 saturated heterocycles. The second kappa shape index (κ2) is 4.54. The lowest BCUT2D eigenvalue weighted by atomic mass is 10.0. The molecule has 0 unspecified atom stereocenters. The van der Waals surface area contributed by atoms with E-state index in [2.05, 4.69) is 9.39 Å². The minimum absolute atomic E-state index is 0.0213. The predicted octanol–water partition coefficient (Wildman–Crippen LogP) is 1.60. The second-order valence-corrected chi connectivity index (χ2v) is 7.16. The van der Waals surface area contributed by atoms with Crippen LogP contribution < -0.4 is 0 Å². The molecule has 0 fully saturated rings. The molecule has 0 amide bonds. The molecular weight excluding hydrogens is 300 g/mol. The largest absolute Gasteiger partial charge is 0.351 e. The van der Waals surface area contributed by atoms with Gasteiger partial charge in [-0.1, -0.05) is 6.07 Å². The van der Waals surface area contributed by atoms with E-state index in [0.717, 1.165) is 22.0 Å². The number of benzene rings is 1. The quantitative estimate of drug-likeness (QED) is 0.803. The third-order valence-electron chi connectivity index (χ3n) is 3.93. The van der Waals surface area contributed by atoms with E-state index >= 15 is 0 Å². The molecule has 22 heavy (non-hydrogen) atoms. The van der Waals surface area contributed by atoms with Crippen molar-refractivity contribution in [2.45, 2.75) is 0 Å². The van der Waals surface area contributed by atoms with Gasteiger partial charge in [0.2, 0.25) is 0 Å². The Balaban J connectivity index is 1.87. The third kappa shape index (κ3) is 2.05. The van der Waals surface area contributed by atoms with Crippen molar-refractivity contribution in [1.82, 2.24) is 9.47 Å². The molecule has 6 nitrogen and oxygen atoms in total. The number of sulfonamides is 1. The van der Waals surface area contributed by atoms with Crippen molar-refractivity contribution in [3.05, 3.63) is 42.2 Å². The number of amidine groups is 1. The maximum atomic E-state index is 11.8. The Labute approximate surface area is 128 Å². The first-order valence-corrected chi connectivity index (χ1v) is 8.53. The van der Waals surface area contributed by atoms with Gasteiger partial charge in [-0.3, -0.25) is 0 Å². The molecule has 0 atom stereocenters. The van der Waals surface area contributed by atoms with E-state index in [1.54, 1.807) is 17.4 Å². The molecule has 0 N–H and O–H groups in total. The maximum Gasteiger partial charge on any atom is 0.256 e. The van der Waals surface area contributed by atoms with Crippen molar-refractivity contribution in [2.24, 2.45) is 16.4 Å². The second-order valence-electron chi connectivity index (χ2n) is 5.40. The van der Waals surface area contributed by atoms with Gasteiger partial charge in [0.25, 0.3) is 10.0 Å². The normalized spacial score (nSPS) is 19.8. The van der Waals surface area contributed by atoms with Gasteiger partial charge in [0.05, 0.1) is 12.1 Å². The standard InChI is InChI=1S/C15H14N4O2S/c1-18-5-4-12-8-11(2-3-14(12)18)13-9-16-10-19-6-7-22(20,21)17-15(13)19/h2-5,8-10H,6-7H2,1H3. The maximum absolute atomic E-state index is 11.8. The zero-order valence-corrected chi connectivity index (χ0v) is 12.8. The fourth-order valence-corrected chi connectivity index (χ4v) is 3.75. The van der Waals surface area contributed by atoms with Crippen molar-refractivity contribution < 1.29 is 8.42 Å². The van der Waals surface area contributed by atoms with Gasteiger partial charge < -0.3 is 9.47 Å². The van der Waals surface area contributed by atoms with Crippen LogP contribution in [-0.2, 0) is 17.1 Å². The third-order valence-corrected chi connectivity index (χ3v) is 5.08. The molecule has 3 heterocycles. The van der Waals surface area contributed by atoms with Gasteiger partial charge in [0, 0.05) is 42.5 Å². The predicted molar refractivity (Wildman–Crippen MR) is 87.3 cm³/mol. The molecule has 2 aliphatic rings. The van der Waals surface area contributed by atoms with Crippen molar-refractivity contribution in [3.8, 4) is 0 Å². The molecule has 0 spiro atoms. The van der Waals surface area contributed by atoms with E-state index in [1.165, 1.54) is 0 Å². The van der Waals surface area contributed by atoms with Gasteiger partial charge in [0.1, 0.15) is 0 Å². The molecule has 2 aromatic rings. The van der Waals surface area contributed by atoms with E-state index in [9.17, 15) is 8.42 Å². The zero-order chi connectivity index (χ0) is 15.3. The summed E-state index contributed by atoms with van der Waals surface area (Å²) in [4.78, 5) is 5.99. The highest BCUT2D eigenvalue weighted by Crippen LogP contribution is 2.27. The van der Waals surface area contributed by atoms with Crippen LogP contribution in [0.3, 0.4) is 0 Å². The lowest BCUT2D eigenvalue weighted by Gasteiger charge is -2.28. The number of rotatable bonds is 1. The average Bonchev–Trinajstić information content (AvgIpc) is 2.87. The van der Waals surface area contributed by atoms with Crippen LogP contribution in [0.4, 0.5) is 0 Å². The summed E-state index contributed by atoms with van der Waals surface area (Å²) in [5.74, 6) is 0.476. The zero-order valence-electron chi connectivity index (χ0n) is 12.0. The summed E-state index contributed by atoms with van der Waals surface area (Å²) in [5, 5.41) is 1.10. The topological polar surface area (TPSA) is 67.0 Å². The van der Waals surface area contributed by atoms with E-state index < -0.39 is 10.0 Å². The summed E-state index contributed by atoms with van der Waals surface area (Å²) >= 11 is 0. The molecule has 112 valence electrons. The molecule has 1 aromatic heterocycles. The van der Waals surface area contributed by atoms with Crippen LogP contribution in [0.25, 0.3) is 16.5 Å². The molecule has 4 rings (SSSR count). The highest BCUT2D eigenvalue weighted by Gasteiger charge is 2.28. The Bertz CT molecular complexity index is 967. The number of aliphatic imine (C=N–C) groups is 1. The summed E-state index contributed by atoms with van der Waals surface area (Å²) < 4.78 is 29.6. The van der Waals surface area contributed by atoms with Crippen LogP contribution in [0.5, 0.6) is 0 Å². The summed E-state index contributed by atoms with van der Waals surface area (Å²) in [6.07, 6.45) is 5.29. The number of hydrogen-bond acceptors (Lipinski definition) is 4. The van der Waals surface area contributed by atoms with Crippen LogP contribution in [-0.4, -0.2) is 42.4 Å². The number of aryl methyl sites for hydroxylation is 1. The average molecular weight is 314 g/mol. The Kier molecular flexibility index (Phi) is 2.74. The van der Waals surface area contributed by atoms with Gasteiger partial charge in [0.15, 0.2) is 5.84 Å². The number of aromatic nitrogens is 1. The highest BCUT2D eigenvalue weighted by molar-refractivity contribution is 7.90. The molecular formula is C15H14N4O2S. The van der Waals surface area contributed by atoms with Crippen molar-refractivity contribution in [2.75, 3.05) is 12.3 Å². The fraction of sp³-hybridized carbons (Fsp3) is 0.200. The molecule has 2 aliphatic heterocycles. The van der Waals surface area contributed by atoms with E-state index in [0.29, 0.717) is 12.4 Å². The molecule has 1 aromatic carbocycles. The lowest BCUT2D eigenvalue weighted by Crippen LogP contribution is -2.40. The van der Waals surface area contributed by atoms with Gasteiger partial charge in [-0.05, 0) is 23.8 Å². The lowest BCUT2D eigenvalue weighted by molar-refractivity contribution is 0.574. The van der Waals surface area contributed by atoms with Crippen LogP contribution >= 0.6 is 0 Å². The van der Waals surface area contributed by atoms with Gasteiger partial charge >= 0.3 is 0 Å². The summed E-state index contributed by atoms with van der Waals surface area (Å²) in [6, 6.07) is 8.05. The molecule has 0 radical (unpaired) electrons. The first-order valence-electron chi connectivity index (χ1n) is 6.92. The highest BCUT2D eigenvalue weighted by atomic mass is 32.2. The molecule has 0 bridgehead atoms. The van der Waals surface area contributed by atoms with Crippen LogP contribution in [0.1, 0.15) is 5.56 Å². The smallest absolute Gasteiger partial charge is 0.256 e. The summed E-state index contributed by atoms with van der Waals surface area (Å²) in [5.41, 5.74) is 2.77. The van der Waals surface area contributed by atoms with Gasteiger partial charge in [-0.15, -0.1) is 4.40 Å². The minimum Gasteiger partial charge on any atom is -0.351 e. The first kappa shape index (κ1) is 13.3. The molecule has 0 saturated carbocycles. The molecule has 7 heteroatoms. The minimum atomic E-state index is -3.39. The Hall–Kier alpha value is -2.41. The SMILES string of the molecule is Cn1ccc2cc(C3=CN=CN4CCS(=O)(=O)N=C34)ccc21. The van der Waals surface area contributed by atoms with Crippen LogP contribution in [0.2, 0.25) is 0 Å². The monoisotopic (exact) mass is 314 g/mol. The Morgan fingerprint density at radius 2 is 2.09 bits per heavy atom. The first-order chi connectivity index (χ1) is 10.5. The Morgan fingerprint density at radius 1 is 1.23 bits per heavy atom. The number of fused-ring (bicyclic) bond motifs is 2. The van der Waals surface area contributed by atoms with Crippen LogP contribution in [0.15, 0.2) is 46.1 Å². The van der Waals surface area contributed by atoms with Crippen molar-refractivity contribution in [1.29, 1.82) is 0 Å². The molecule has 0 aliphatic carbocycles. The summed E-state index contributed by atoms with van der Waals surface area (Å²) in [6.45, 7) is 0.385. The van der Waals surface area contributed by atoms with Gasteiger partial charge in [-0.25, -0.2) is 13.4 Å². The van der Waals surface area contributed by atoms with Crippen LogP contribution in [0, 0.1) is 0 Å². The van der Waals surface area contributed by atoms with Crippen molar-refractivity contribution in [3.63, 3.8) is 0 Å². The van der Waals surface area contributed by atoms with Crippen molar-refractivity contribution >= 4 is 38.7 Å². The Morgan fingerprint density at radius 3 is 2.95 bits per heavy atom. The number of hydrogen-bond donors (Lipinski definition) is 0. The van der Waals surface area contributed by atoms with E-state index in [1.807, 2.05) is 42.1 Å². The van der Waals surface area contributed by atoms with E-state index in [-0.39, 0.29) is 5.75 Å². The van der Waals surface area contributed by atoms with E-state index in [4.69, 9.17) is 0 Å². The summed E-state index contributed by atoms with van der Waals surface area (Å²) in [7, 11) is -1.40. The van der Waals surface area contributed by atoms with Gasteiger partial charge in [-0.2, -0.15) is 0 Å².